The Morgan fingerprint density at radius 1 is 1.23 bits per heavy atom. The van der Waals surface area contributed by atoms with Crippen LogP contribution in [-0.4, -0.2) is 33.1 Å². The van der Waals surface area contributed by atoms with Crippen molar-refractivity contribution in [1.82, 2.24) is 0 Å². The van der Waals surface area contributed by atoms with E-state index in [4.69, 9.17) is 16.3 Å². The van der Waals surface area contributed by atoms with Gasteiger partial charge in [0.15, 0.2) is 9.84 Å². The molecule has 0 aliphatic heterocycles. The Kier molecular flexibility index (Phi) is 7.36. The summed E-state index contributed by atoms with van der Waals surface area (Å²) >= 11 is 6.12. The zero-order valence-corrected chi connectivity index (χ0v) is 15.5. The molecule has 0 aromatic heterocycles. The Morgan fingerprint density at radius 3 is 2.45 bits per heavy atom. The Balaban J connectivity index is 2.42. The van der Waals surface area contributed by atoms with Crippen LogP contribution in [0.5, 0.6) is 0 Å². The van der Waals surface area contributed by atoms with Crippen LogP contribution in [0.4, 0.5) is 0 Å². The highest BCUT2D eigenvalue weighted by molar-refractivity contribution is 7.91. The second-order valence-electron chi connectivity index (χ2n) is 7.00. The maximum Gasteiger partial charge on any atom is 0.150 e. The molecule has 0 heterocycles. The number of ether oxygens (including phenoxy) is 1. The lowest BCUT2D eigenvalue weighted by molar-refractivity contribution is 0.0720. The van der Waals surface area contributed by atoms with Crippen molar-refractivity contribution in [1.29, 1.82) is 0 Å². The summed E-state index contributed by atoms with van der Waals surface area (Å²) < 4.78 is 29.9. The quantitative estimate of drug-likeness (QED) is 0.659. The van der Waals surface area contributed by atoms with Crippen LogP contribution in [0.1, 0.15) is 45.6 Å². The highest BCUT2D eigenvalue weighted by atomic mass is 35.5. The summed E-state index contributed by atoms with van der Waals surface area (Å²) in [5.41, 5.74) is 0.994. The van der Waals surface area contributed by atoms with Gasteiger partial charge in [0.25, 0.3) is 0 Å². The van der Waals surface area contributed by atoms with E-state index in [1.54, 1.807) is 6.07 Å². The van der Waals surface area contributed by atoms with Crippen LogP contribution in [0.25, 0.3) is 0 Å². The van der Waals surface area contributed by atoms with Crippen LogP contribution in [0.15, 0.2) is 24.3 Å². The number of benzene rings is 1. The third-order valence-corrected chi connectivity index (χ3v) is 5.48. The van der Waals surface area contributed by atoms with Gasteiger partial charge in [0.05, 0.1) is 18.1 Å². The van der Waals surface area contributed by atoms with Gasteiger partial charge in [0.1, 0.15) is 0 Å². The average Bonchev–Trinajstić information content (AvgIpc) is 2.36. The lowest BCUT2D eigenvalue weighted by Crippen LogP contribution is -2.19. The van der Waals surface area contributed by atoms with Gasteiger partial charge in [-0.1, -0.05) is 57.5 Å². The van der Waals surface area contributed by atoms with Crippen molar-refractivity contribution < 1.29 is 13.2 Å². The van der Waals surface area contributed by atoms with Gasteiger partial charge in [-0.3, -0.25) is 0 Å². The summed E-state index contributed by atoms with van der Waals surface area (Å²) in [7, 11) is -3.10. The van der Waals surface area contributed by atoms with Crippen LogP contribution in [0.3, 0.4) is 0 Å². The van der Waals surface area contributed by atoms with Crippen LogP contribution in [0, 0.1) is 5.41 Å². The molecular formula is C17H27ClO3S. The lowest BCUT2D eigenvalue weighted by Gasteiger charge is -2.18. The number of halogens is 1. The summed E-state index contributed by atoms with van der Waals surface area (Å²) in [6.07, 6.45) is 0.535. The van der Waals surface area contributed by atoms with Crippen LogP contribution in [-0.2, 0) is 14.6 Å². The smallest absolute Gasteiger partial charge is 0.150 e. The minimum absolute atomic E-state index is 0.103. The van der Waals surface area contributed by atoms with Crippen molar-refractivity contribution >= 4 is 21.4 Å². The van der Waals surface area contributed by atoms with Gasteiger partial charge in [-0.05, 0) is 29.4 Å². The summed E-state index contributed by atoms with van der Waals surface area (Å²) in [5.74, 6) is 0.177. The van der Waals surface area contributed by atoms with Crippen LogP contribution >= 0.6 is 11.6 Å². The molecule has 0 fully saturated rings. The molecule has 0 aliphatic carbocycles. The summed E-state index contributed by atoms with van der Waals surface area (Å²) in [6.45, 7) is 9.30. The van der Waals surface area contributed by atoms with Gasteiger partial charge in [-0.15, -0.1) is 0 Å². The fourth-order valence-corrected chi connectivity index (χ4v) is 4.18. The van der Waals surface area contributed by atoms with E-state index < -0.39 is 9.84 Å². The molecule has 3 nitrogen and oxygen atoms in total. The molecule has 0 bridgehead atoms. The SMILES string of the molecule is C[C@@H](CS(=O)(=O)CCCOCC(C)(C)C)c1ccccc1Cl. The third kappa shape index (κ3) is 7.61. The molecule has 0 unspecified atom stereocenters. The molecule has 0 saturated heterocycles. The Hall–Kier alpha value is -0.580. The molecule has 1 atom stereocenters. The molecule has 126 valence electrons. The highest BCUT2D eigenvalue weighted by Gasteiger charge is 2.19. The van der Waals surface area contributed by atoms with E-state index >= 15 is 0 Å². The second-order valence-corrected chi connectivity index (χ2v) is 9.64. The molecule has 0 radical (unpaired) electrons. The van der Waals surface area contributed by atoms with Gasteiger partial charge in [-0.2, -0.15) is 0 Å². The maximum absolute atomic E-state index is 12.2. The molecule has 1 aromatic carbocycles. The van der Waals surface area contributed by atoms with Gasteiger partial charge in [0.2, 0.25) is 0 Å². The van der Waals surface area contributed by atoms with Gasteiger partial charge < -0.3 is 4.74 Å². The zero-order valence-electron chi connectivity index (χ0n) is 13.9. The van der Waals surface area contributed by atoms with E-state index in [0.717, 1.165) is 5.56 Å². The maximum atomic E-state index is 12.2. The van der Waals surface area contributed by atoms with E-state index in [9.17, 15) is 8.42 Å². The Labute approximate surface area is 139 Å². The Morgan fingerprint density at radius 2 is 1.86 bits per heavy atom. The first-order chi connectivity index (χ1) is 10.1. The van der Waals surface area contributed by atoms with Crippen molar-refractivity contribution in [2.45, 2.75) is 40.0 Å². The molecule has 0 N–H and O–H groups in total. The summed E-state index contributed by atoms with van der Waals surface area (Å²) in [4.78, 5) is 0. The molecule has 0 spiro atoms. The minimum atomic E-state index is -3.10. The lowest BCUT2D eigenvalue weighted by atomic mass is 9.99. The molecular weight excluding hydrogens is 320 g/mol. The fourth-order valence-electron chi connectivity index (χ4n) is 2.19. The monoisotopic (exact) mass is 346 g/mol. The zero-order chi connectivity index (χ0) is 16.8. The normalized spacial score (nSPS) is 14.0. The summed E-state index contributed by atoms with van der Waals surface area (Å²) in [6, 6.07) is 7.40. The van der Waals surface area contributed by atoms with Crippen LogP contribution < -0.4 is 0 Å². The predicted molar refractivity (Wildman–Crippen MR) is 93.4 cm³/mol. The van der Waals surface area contributed by atoms with E-state index in [2.05, 4.69) is 20.8 Å². The van der Waals surface area contributed by atoms with Gasteiger partial charge in [-0.25, -0.2) is 8.42 Å². The predicted octanol–water partition coefficient (Wildman–Crippen LogP) is 4.31. The van der Waals surface area contributed by atoms with E-state index in [1.807, 2.05) is 25.1 Å². The van der Waals surface area contributed by atoms with Gasteiger partial charge >= 0.3 is 0 Å². The van der Waals surface area contributed by atoms with Crippen LogP contribution in [0.2, 0.25) is 5.02 Å². The standard InChI is InChI=1S/C17H27ClO3S/c1-14(15-8-5-6-9-16(15)18)12-22(19,20)11-7-10-21-13-17(2,3)4/h5-6,8-9,14H,7,10-13H2,1-4H3/t14-/m0/s1. The fraction of sp³-hybridized carbons (Fsp3) is 0.647. The van der Waals surface area contributed by atoms with Gasteiger partial charge in [0, 0.05) is 11.6 Å². The average molecular weight is 347 g/mol. The molecule has 1 rings (SSSR count). The van der Waals surface area contributed by atoms with Crippen molar-refractivity contribution in [2.24, 2.45) is 5.41 Å². The first-order valence-corrected chi connectivity index (χ1v) is 9.83. The molecule has 5 heteroatoms. The largest absolute Gasteiger partial charge is 0.381 e. The second kappa shape index (κ2) is 8.32. The first-order valence-electron chi connectivity index (χ1n) is 7.63. The number of hydrogen-bond donors (Lipinski definition) is 0. The summed E-state index contributed by atoms with van der Waals surface area (Å²) in [5, 5.41) is 0.624. The van der Waals surface area contributed by atoms with E-state index in [-0.39, 0.29) is 22.8 Å². The molecule has 0 saturated carbocycles. The van der Waals surface area contributed by atoms with Crippen molar-refractivity contribution in [3.8, 4) is 0 Å². The number of rotatable bonds is 8. The van der Waals surface area contributed by atoms with E-state index in [1.165, 1.54) is 0 Å². The molecule has 22 heavy (non-hydrogen) atoms. The highest BCUT2D eigenvalue weighted by Crippen LogP contribution is 2.25. The number of hydrogen-bond acceptors (Lipinski definition) is 3. The Bertz CT molecular complexity index is 562. The number of sulfone groups is 1. The topological polar surface area (TPSA) is 43.4 Å². The third-order valence-electron chi connectivity index (χ3n) is 3.22. The first kappa shape index (κ1) is 19.5. The molecule has 0 amide bonds. The van der Waals surface area contributed by atoms with Crippen molar-refractivity contribution in [3.05, 3.63) is 34.9 Å². The van der Waals surface area contributed by atoms with Crippen molar-refractivity contribution in [3.63, 3.8) is 0 Å². The minimum Gasteiger partial charge on any atom is -0.381 e. The van der Waals surface area contributed by atoms with E-state index in [0.29, 0.717) is 24.7 Å². The molecule has 0 aliphatic rings. The molecule has 1 aromatic rings. The van der Waals surface area contributed by atoms with Crippen molar-refractivity contribution in [2.75, 3.05) is 24.7 Å².